The second-order valence-electron chi connectivity index (χ2n) is 6.51. The number of H-pyrrole nitrogens is 1. The summed E-state index contributed by atoms with van der Waals surface area (Å²) in [6.45, 7) is 4.18. The maximum atomic E-state index is 12.5. The minimum absolute atomic E-state index is 0.00907. The predicted octanol–water partition coefficient (Wildman–Crippen LogP) is 3.07. The van der Waals surface area contributed by atoms with Crippen LogP contribution in [0.15, 0.2) is 48.5 Å². The summed E-state index contributed by atoms with van der Waals surface area (Å²) in [4.78, 5) is 32.2. The zero-order valence-electron chi connectivity index (χ0n) is 15.4. The molecule has 3 aromatic rings. The third-order valence-electron chi connectivity index (χ3n) is 3.93. The molecule has 3 rings (SSSR count). The van der Waals surface area contributed by atoms with Crippen LogP contribution < -0.4 is 16.0 Å². The van der Waals surface area contributed by atoms with E-state index in [1.807, 2.05) is 38.1 Å². The lowest BCUT2D eigenvalue weighted by atomic mass is 10.1. The number of aromatic amines is 1. The highest BCUT2D eigenvalue weighted by molar-refractivity contribution is 6.03. The van der Waals surface area contributed by atoms with Crippen molar-refractivity contribution in [3.63, 3.8) is 0 Å². The molecule has 0 aliphatic rings. The Balaban J connectivity index is 1.60. The van der Waals surface area contributed by atoms with Crippen LogP contribution in [0.2, 0.25) is 0 Å². The van der Waals surface area contributed by atoms with Gasteiger partial charge in [-0.1, -0.05) is 24.3 Å². The molecule has 3 amide bonds. The van der Waals surface area contributed by atoms with Crippen molar-refractivity contribution < 1.29 is 9.59 Å². The number of anilines is 1. The molecule has 0 aliphatic carbocycles. The molecule has 0 saturated heterocycles. The average molecular weight is 365 g/mol. The van der Waals surface area contributed by atoms with E-state index in [-0.39, 0.29) is 18.0 Å². The number of fused-ring (bicyclic) bond motifs is 1. The first kappa shape index (κ1) is 18.4. The summed E-state index contributed by atoms with van der Waals surface area (Å²) in [5, 5.41) is 8.34. The Morgan fingerprint density at radius 1 is 1.07 bits per heavy atom. The SMILES string of the molecule is CC(C)NC(=O)Nc1ccccc1C(=O)NCCc1nc2ccccc2[nH]1. The lowest BCUT2D eigenvalue weighted by Gasteiger charge is -2.13. The first-order valence-corrected chi connectivity index (χ1v) is 8.91. The van der Waals surface area contributed by atoms with Gasteiger partial charge in [0.25, 0.3) is 5.91 Å². The van der Waals surface area contributed by atoms with Crippen molar-refractivity contribution in [1.29, 1.82) is 0 Å². The number of nitrogens with one attached hydrogen (secondary N) is 4. The molecular formula is C20H23N5O2. The highest BCUT2D eigenvalue weighted by Crippen LogP contribution is 2.15. The maximum Gasteiger partial charge on any atom is 0.319 e. The molecule has 0 fully saturated rings. The topological polar surface area (TPSA) is 98.9 Å². The lowest BCUT2D eigenvalue weighted by Crippen LogP contribution is -2.35. The smallest absolute Gasteiger partial charge is 0.319 e. The molecule has 7 nitrogen and oxygen atoms in total. The number of aromatic nitrogens is 2. The van der Waals surface area contributed by atoms with Gasteiger partial charge in [0.1, 0.15) is 5.82 Å². The number of hydrogen-bond acceptors (Lipinski definition) is 3. The van der Waals surface area contributed by atoms with E-state index >= 15 is 0 Å². The molecular weight excluding hydrogens is 342 g/mol. The fraction of sp³-hybridized carbons (Fsp3) is 0.250. The Hall–Kier alpha value is -3.35. The second-order valence-corrected chi connectivity index (χ2v) is 6.51. The summed E-state index contributed by atoms with van der Waals surface area (Å²) in [6, 6.07) is 14.4. The van der Waals surface area contributed by atoms with Gasteiger partial charge in [0.2, 0.25) is 0 Å². The Bertz CT molecular complexity index is 915. The van der Waals surface area contributed by atoms with E-state index < -0.39 is 0 Å². The highest BCUT2D eigenvalue weighted by Gasteiger charge is 2.13. The van der Waals surface area contributed by atoms with Gasteiger partial charge >= 0.3 is 6.03 Å². The standard InChI is InChI=1S/C20H23N5O2/c1-13(2)22-20(27)25-15-8-4-3-7-14(15)19(26)21-12-11-18-23-16-9-5-6-10-17(16)24-18/h3-10,13H,11-12H2,1-2H3,(H,21,26)(H,23,24)(H2,22,25,27). The van der Waals surface area contributed by atoms with Gasteiger partial charge in [0.15, 0.2) is 0 Å². The number of nitrogens with zero attached hydrogens (tertiary/aromatic N) is 1. The van der Waals surface area contributed by atoms with Crippen molar-refractivity contribution in [2.75, 3.05) is 11.9 Å². The van der Waals surface area contributed by atoms with E-state index in [0.717, 1.165) is 16.9 Å². The van der Waals surface area contributed by atoms with Crippen LogP contribution in [0.5, 0.6) is 0 Å². The van der Waals surface area contributed by atoms with Crippen molar-refractivity contribution in [1.82, 2.24) is 20.6 Å². The lowest BCUT2D eigenvalue weighted by molar-refractivity contribution is 0.0955. The molecule has 140 valence electrons. The Morgan fingerprint density at radius 2 is 1.81 bits per heavy atom. The first-order chi connectivity index (χ1) is 13.0. The molecule has 2 aromatic carbocycles. The molecule has 0 bridgehead atoms. The fourth-order valence-corrected chi connectivity index (χ4v) is 2.72. The van der Waals surface area contributed by atoms with Crippen molar-refractivity contribution in [3.05, 3.63) is 59.9 Å². The van der Waals surface area contributed by atoms with Gasteiger partial charge in [-0.25, -0.2) is 9.78 Å². The van der Waals surface area contributed by atoms with Crippen LogP contribution in [0, 0.1) is 0 Å². The van der Waals surface area contributed by atoms with Crippen molar-refractivity contribution in [3.8, 4) is 0 Å². The van der Waals surface area contributed by atoms with E-state index in [1.165, 1.54) is 0 Å². The number of imidazole rings is 1. The Morgan fingerprint density at radius 3 is 2.59 bits per heavy atom. The molecule has 0 saturated carbocycles. The molecule has 0 spiro atoms. The number of rotatable bonds is 6. The number of para-hydroxylation sites is 3. The molecule has 1 heterocycles. The molecule has 27 heavy (non-hydrogen) atoms. The summed E-state index contributed by atoms with van der Waals surface area (Å²) in [5.74, 6) is 0.575. The normalized spacial score (nSPS) is 10.8. The van der Waals surface area contributed by atoms with Gasteiger partial charge in [-0.15, -0.1) is 0 Å². The van der Waals surface area contributed by atoms with Crippen LogP contribution >= 0.6 is 0 Å². The number of carbonyl (C=O) groups is 2. The van der Waals surface area contributed by atoms with Gasteiger partial charge in [0, 0.05) is 19.0 Å². The quantitative estimate of drug-likeness (QED) is 0.540. The largest absolute Gasteiger partial charge is 0.352 e. The minimum atomic E-state index is -0.340. The fourth-order valence-electron chi connectivity index (χ4n) is 2.72. The number of carbonyl (C=O) groups excluding carboxylic acids is 2. The minimum Gasteiger partial charge on any atom is -0.352 e. The molecule has 4 N–H and O–H groups in total. The second kappa shape index (κ2) is 8.35. The monoisotopic (exact) mass is 365 g/mol. The molecule has 0 aliphatic heterocycles. The predicted molar refractivity (Wildman–Crippen MR) is 106 cm³/mol. The zero-order chi connectivity index (χ0) is 19.2. The van der Waals surface area contributed by atoms with Crippen molar-refractivity contribution in [2.24, 2.45) is 0 Å². The van der Waals surface area contributed by atoms with E-state index in [0.29, 0.717) is 24.2 Å². The van der Waals surface area contributed by atoms with Crippen LogP contribution in [0.4, 0.5) is 10.5 Å². The summed E-state index contributed by atoms with van der Waals surface area (Å²) >= 11 is 0. The molecule has 0 atom stereocenters. The summed E-state index contributed by atoms with van der Waals surface area (Å²) in [6.07, 6.45) is 0.587. The molecule has 7 heteroatoms. The van der Waals surface area contributed by atoms with E-state index in [4.69, 9.17) is 0 Å². The number of urea groups is 1. The van der Waals surface area contributed by atoms with Crippen molar-refractivity contribution >= 4 is 28.7 Å². The van der Waals surface area contributed by atoms with E-state index in [1.54, 1.807) is 24.3 Å². The van der Waals surface area contributed by atoms with E-state index in [2.05, 4.69) is 25.9 Å². The van der Waals surface area contributed by atoms with Gasteiger partial charge in [-0.3, -0.25) is 4.79 Å². The highest BCUT2D eigenvalue weighted by atomic mass is 16.2. The third-order valence-corrected chi connectivity index (χ3v) is 3.93. The van der Waals surface area contributed by atoms with Crippen LogP contribution in [-0.4, -0.2) is 34.5 Å². The van der Waals surface area contributed by atoms with E-state index in [9.17, 15) is 9.59 Å². The Labute approximate surface area is 157 Å². The summed E-state index contributed by atoms with van der Waals surface area (Å²) in [7, 11) is 0. The van der Waals surface area contributed by atoms with Gasteiger partial charge in [-0.05, 0) is 38.1 Å². The number of benzene rings is 2. The zero-order valence-corrected chi connectivity index (χ0v) is 15.4. The molecule has 0 unspecified atom stereocenters. The number of amides is 3. The summed E-state index contributed by atoms with van der Waals surface area (Å²) < 4.78 is 0. The average Bonchev–Trinajstić information content (AvgIpc) is 3.04. The van der Waals surface area contributed by atoms with Gasteiger partial charge in [-0.2, -0.15) is 0 Å². The summed E-state index contributed by atoms with van der Waals surface area (Å²) in [5.41, 5.74) is 2.77. The third kappa shape index (κ3) is 4.84. The maximum absolute atomic E-state index is 12.5. The molecule has 1 aromatic heterocycles. The Kier molecular flexibility index (Phi) is 5.71. The van der Waals surface area contributed by atoms with Crippen LogP contribution in [0.25, 0.3) is 11.0 Å². The number of hydrogen-bond donors (Lipinski definition) is 4. The van der Waals surface area contributed by atoms with Crippen LogP contribution in [0.3, 0.4) is 0 Å². The first-order valence-electron chi connectivity index (χ1n) is 8.91. The molecule has 0 radical (unpaired) electrons. The van der Waals surface area contributed by atoms with Crippen LogP contribution in [0.1, 0.15) is 30.0 Å². The van der Waals surface area contributed by atoms with Crippen LogP contribution in [-0.2, 0) is 6.42 Å². The van der Waals surface area contributed by atoms with Gasteiger partial charge in [0.05, 0.1) is 22.3 Å². The van der Waals surface area contributed by atoms with Gasteiger partial charge < -0.3 is 20.9 Å². The van der Waals surface area contributed by atoms with Crippen molar-refractivity contribution in [2.45, 2.75) is 26.3 Å².